The number of carbonyl (C=O) groups excluding carboxylic acids is 2. The minimum Gasteiger partial charge on any atom is -0.452 e. The van der Waals surface area contributed by atoms with Crippen LogP contribution < -0.4 is 0 Å². The molecule has 0 fully saturated rings. The Morgan fingerprint density at radius 1 is 1.25 bits per heavy atom. The van der Waals surface area contributed by atoms with Gasteiger partial charge < -0.3 is 29.9 Å². The average Bonchev–Trinajstić information content (AvgIpc) is 2.11. The first-order valence-electron chi connectivity index (χ1n) is 4.18. The number of rotatable bonds is 1. The van der Waals surface area contributed by atoms with Crippen molar-refractivity contribution in [1.82, 2.24) is 0 Å². The second-order valence-electron chi connectivity index (χ2n) is 3.17. The molecule has 1 rings (SSSR count). The highest BCUT2D eigenvalue weighted by molar-refractivity contribution is 5.92. The molecule has 0 aliphatic carbocycles. The topological polar surface area (TPSA) is 134 Å². The number of hydrogen-bond acceptors (Lipinski definition) is 8. The summed E-state index contributed by atoms with van der Waals surface area (Å²) in [4.78, 5) is 21.9. The highest BCUT2D eigenvalue weighted by Gasteiger charge is 2.58. The van der Waals surface area contributed by atoms with Crippen molar-refractivity contribution in [1.29, 1.82) is 0 Å². The number of ether oxygens (including phenoxy) is 2. The summed E-state index contributed by atoms with van der Waals surface area (Å²) in [6.07, 6.45) is -0.356. The minimum atomic E-state index is -3.77. The molecule has 4 N–H and O–H groups in total. The zero-order valence-electron chi connectivity index (χ0n) is 8.15. The van der Waals surface area contributed by atoms with Crippen LogP contribution in [-0.2, 0) is 19.1 Å². The summed E-state index contributed by atoms with van der Waals surface area (Å²) in [5.41, 5.74) is 0. The Morgan fingerprint density at radius 3 is 2.25 bits per heavy atom. The monoisotopic (exact) mass is 234 g/mol. The SMILES string of the molecule is CC1OC(=O)/C=C/C(=O)OC1(O)C(O)(O)O. The summed E-state index contributed by atoms with van der Waals surface area (Å²) in [5.74, 6) is -9.20. The van der Waals surface area contributed by atoms with E-state index in [1.165, 1.54) is 0 Å². The molecule has 2 unspecified atom stereocenters. The van der Waals surface area contributed by atoms with Crippen LogP contribution in [0.1, 0.15) is 6.92 Å². The number of carbonyl (C=O) groups is 2. The molecular formula is C8H10O8. The number of hydrogen-bond donors (Lipinski definition) is 4. The molecule has 16 heavy (non-hydrogen) atoms. The van der Waals surface area contributed by atoms with Crippen molar-refractivity contribution < 1.29 is 39.5 Å². The number of aliphatic hydroxyl groups is 4. The number of esters is 2. The smallest absolute Gasteiger partial charge is 0.349 e. The first-order valence-corrected chi connectivity index (χ1v) is 4.18. The Bertz CT molecular complexity index is 340. The number of cyclic esters (lactones) is 2. The van der Waals surface area contributed by atoms with Gasteiger partial charge in [0.15, 0.2) is 6.10 Å². The van der Waals surface area contributed by atoms with E-state index in [4.69, 9.17) is 15.3 Å². The second-order valence-corrected chi connectivity index (χ2v) is 3.17. The van der Waals surface area contributed by atoms with E-state index in [9.17, 15) is 14.7 Å². The molecule has 8 nitrogen and oxygen atoms in total. The standard InChI is InChI=1S/C8H10O8/c1-4-7(11,8(12,13)14)16-6(10)3-2-5(9)15-4/h2-4,11-14H,1H3/b3-2+. The largest absolute Gasteiger partial charge is 0.452 e. The van der Waals surface area contributed by atoms with E-state index in [-0.39, 0.29) is 0 Å². The molecule has 0 amide bonds. The van der Waals surface area contributed by atoms with Gasteiger partial charge in [0.2, 0.25) is 0 Å². The molecule has 0 aromatic heterocycles. The zero-order valence-corrected chi connectivity index (χ0v) is 8.15. The Hall–Kier alpha value is -1.48. The Morgan fingerprint density at radius 2 is 1.75 bits per heavy atom. The van der Waals surface area contributed by atoms with Crippen LogP contribution in [0.15, 0.2) is 12.2 Å². The van der Waals surface area contributed by atoms with E-state index in [0.717, 1.165) is 13.0 Å². The third kappa shape index (κ3) is 2.19. The molecule has 1 aliphatic heterocycles. The van der Waals surface area contributed by atoms with Crippen LogP contribution in [0.3, 0.4) is 0 Å². The predicted octanol–water partition coefficient (Wildman–Crippen LogP) is -2.65. The lowest BCUT2D eigenvalue weighted by Gasteiger charge is -2.37. The van der Waals surface area contributed by atoms with Crippen molar-refractivity contribution in [2.24, 2.45) is 0 Å². The molecule has 8 heteroatoms. The minimum absolute atomic E-state index is 0.602. The lowest BCUT2D eigenvalue weighted by molar-refractivity contribution is -0.460. The maximum absolute atomic E-state index is 11.0. The van der Waals surface area contributed by atoms with Crippen LogP contribution in [0.2, 0.25) is 0 Å². The summed E-state index contributed by atoms with van der Waals surface area (Å²) in [6.45, 7) is 1.00. The van der Waals surface area contributed by atoms with Gasteiger partial charge in [-0.2, -0.15) is 0 Å². The zero-order chi connectivity index (χ0) is 12.6. The third-order valence-electron chi connectivity index (χ3n) is 1.94. The van der Waals surface area contributed by atoms with Crippen LogP contribution in [0.25, 0.3) is 0 Å². The fourth-order valence-electron chi connectivity index (χ4n) is 1.04. The molecule has 0 spiro atoms. The van der Waals surface area contributed by atoms with Gasteiger partial charge in [-0.25, -0.2) is 9.59 Å². The summed E-state index contributed by atoms with van der Waals surface area (Å²) in [6, 6.07) is 0. The van der Waals surface area contributed by atoms with Gasteiger partial charge in [0.05, 0.1) is 0 Å². The Labute approximate surface area is 89.3 Å². The molecule has 0 aromatic carbocycles. The fourth-order valence-corrected chi connectivity index (χ4v) is 1.04. The van der Waals surface area contributed by atoms with Crippen molar-refractivity contribution in [2.45, 2.75) is 24.8 Å². The van der Waals surface area contributed by atoms with E-state index in [0.29, 0.717) is 6.08 Å². The van der Waals surface area contributed by atoms with Crippen molar-refractivity contribution in [3.05, 3.63) is 12.2 Å². The summed E-state index contributed by atoms with van der Waals surface area (Å²) in [5, 5.41) is 36.1. The first-order chi connectivity index (χ1) is 7.17. The molecule has 1 aliphatic rings. The van der Waals surface area contributed by atoms with Gasteiger partial charge in [-0.15, -0.1) is 0 Å². The molecule has 0 saturated heterocycles. The third-order valence-corrected chi connectivity index (χ3v) is 1.94. The van der Waals surface area contributed by atoms with Crippen molar-refractivity contribution in [3.63, 3.8) is 0 Å². The molecule has 0 aromatic rings. The van der Waals surface area contributed by atoms with Crippen LogP contribution in [0, 0.1) is 0 Å². The van der Waals surface area contributed by atoms with Crippen LogP contribution >= 0.6 is 0 Å². The lowest BCUT2D eigenvalue weighted by Crippen LogP contribution is -2.64. The molecule has 2 atom stereocenters. The van der Waals surface area contributed by atoms with Crippen LogP contribution in [0.5, 0.6) is 0 Å². The Kier molecular flexibility index (Phi) is 3.01. The molecule has 0 bridgehead atoms. The first kappa shape index (κ1) is 12.6. The molecule has 0 saturated carbocycles. The van der Waals surface area contributed by atoms with Gasteiger partial charge in [-0.1, -0.05) is 0 Å². The normalized spacial score (nSPS) is 33.4. The van der Waals surface area contributed by atoms with E-state index in [1.54, 1.807) is 0 Å². The van der Waals surface area contributed by atoms with Crippen molar-refractivity contribution in [2.75, 3.05) is 0 Å². The van der Waals surface area contributed by atoms with E-state index >= 15 is 0 Å². The highest BCUT2D eigenvalue weighted by Crippen LogP contribution is 2.27. The summed E-state index contributed by atoms with van der Waals surface area (Å²) in [7, 11) is 0. The second kappa shape index (κ2) is 3.83. The van der Waals surface area contributed by atoms with E-state index in [1.807, 2.05) is 0 Å². The molecular weight excluding hydrogens is 224 g/mol. The highest BCUT2D eigenvalue weighted by atomic mass is 16.8. The van der Waals surface area contributed by atoms with Crippen molar-refractivity contribution >= 4 is 11.9 Å². The van der Waals surface area contributed by atoms with Crippen LogP contribution in [-0.4, -0.2) is 50.2 Å². The molecule has 90 valence electrons. The average molecular weight is 234 g/mol. The van der Waals surface area contributed by atoms with E-state index in [2.05, 4.69) is 9.47 Å². The van der Waals surface area contributed by atoms with Gasteiger partial charge in [-0.05, 0) is 6.92 Å². The van der Waals surface area contributed by atoms with Crippen LogP contribution in [0.4, 0.5) is 0 Å². The fraction of sp³-hybridized carbons (Fsp3) is 0.500. The van der Waals surface area contributed by atoms with Gasteiger partial charge >= 0.3 is 23.7 Å². The lowest BCUT2D eigenvalue weighted by atomic mass is 10.1. The molecule has 0 radical (unpaired) electrons. The maximum Gasteiger partial charge on any atom is 0.349 e. The van der Waals surface area contributed by atoms with Gasteiger partial charge in [0.1, 0.15) is 0 Å². The quantitative estimate of drug-likeness (QED) is 0.285. The van der Waals surface area contributed by atoms with E-state index < -0.39 is 29.8 Å². The Balaban J connectivity index is 3.13. The van der Waals surface area contributed by atoms with Gasteiger partial charge in [0.25, 0.3) is 0 Å². The predicted molar refractivity (Wildman–Crippen MR) is 45.1 cm³/mol. The summed E-state index contributed by atoms with van der Waals surface area (Å²) >= 11 is 0. The molecule has 1 heterocycles. The maximum atomic E-state index is 11.0. The van der Waals surface area contributed by atoms with Crippen molar-refractivity contribution in [3.8, 4) is 0 Å². The van der Waals surface area contributed by atoms with Gasteiger partial charge in [0, 0.05) is 12.2 Å². The van der Waals surface area contributed by atoms with Gasteiger partial charge in [-0.3, -0.25) is 0 Å². The summed E-state index contributed by atoms with van der Waals surface area (Å²) < 4.78 is 8.66.